The van der Waals surface area contributed by atoms with E-state index in [2.05, 4.69) is 21.5 Å². The van der Waals surface area contributed by atoms with Crippen molar-refractivity contribution < 1.29 is 17.8 Å². The zero-order valence-electron chi connectivity index (χ0n) is 8.57. The first-order chi connectivity index (χ1) is 7.90. The summed E-state index contributed by atoms with van der Waals surface area (Å²) in [6.45, 7) is 3.29. The number of anilines is 1. The van der Waals surface area contributed by atoms with E-state index in [1.807, 2.05) is 0 Å². The molecule has 0 spiro atoms. The predicted molar refractivity (Wildman–Crippen MR) is 61.3 cm³/mol. The van der Waals surface area contributed by atoms with Crippen molar-refractivity contribution in [2.75, 3.05) is 5.32 Å². The van der Waals surface area contributed by atoms with Crippen molar-refractivity contribution in [1.29, 1.82) is 0 Å². The molecule has 0 fully saturated rings. The van der Waals surface area contributed by atoms with Crippen LogP contribution in [-0.2, 0) is 15.1 Å². The fourth-order valence-electron chi connectivity index (χ4n) is 0.903. The second-order valence-electron chi connectivity index (χ2n) is 2.87. The average molecular weight is 255 g/mol. The molecule has 0 aliphatic rings. The van der Waals surface area contributed by atoms with Crippen molar-refractivity contribution in [1.82, 2.24) is 0 Å². The molecule has 1 aromatic rings. The fourth-order valence-corrected chi connectivity index (χ4v) is 1.10. The standard InChI is InChI=1S/C9H9N3O4S/c1-2-9(13)10-7-3-5-8(6-4-7)11-12-17(14,15)16/h2-6H,1H2,(H,10,13)(H,14,15,16). The van der Waals surface area contributed by atoms with Gasteiger partial charge >= 0.3 is 10.3 Å². The molecule has 0 radical (unpaired) electrons. The molecule has 7 nitrogen and oxygen atoms in total. The molecule has 1 amide bonds. The molecule has 90 valence electrons. The number of nitrogens with one attached hydrogen (secondary N) is 1. The molecule has 0 aromatic heterocycles. The summed E-state index contributed by atoms with van der Waals surface area (Å²) in [6, 6.07) is 5.85. The molecule has 0 aliphatic carbocycles. The van der Waals surface area contributed by atoms with Crippen molar-refractivity contribution in [3.05, 3.63) is 36.9 Å². The Morgan fingerprint density at radius 3 is 2.41 bits per heavy atom. The van der Waals surface area contributed by atoms with Gasteiger partial charge in [0, 0.05) is 5.69 Å². The maximum Gasteiger partial charge on any atom is 0.396 e. The summed E-state index contributed by atoms with van der Waals surface area (Å²) < 4.78 is 31.6. The van der Waals surface area contributed by atoms with E-state index in [4.69, 9.17) is 4.55 Å². The van der Waals surface area contributed by atoms with E-state index in [-0.39, 0.29) is 11.6 Å². The van der Waals surface area contributed by atoms with Crippen molar-refractivity contribution in [2.24, 2.45) is 9.63 Å². The maximum atomic E-state index is 10.9. The van der Waals surface area contributed by atoms with Crippen LogP contribution in [0.15, 0.2) is 46.6 Å². The first-order valence-electron chi connectivity index (χ1n) is 4.34. The van der Waals surface area contributed by atoms with E-state index in [0.717, 1.165) is 6.08 Å². The van der Waals surface area contributed by atoms with Gasteiger partial charge < -0.3 is 5.32 Å². The second-order valence-corrected chi connectivity index (χ2v) is 3.93. The third-order valence-corrected chi connectivity index (χ3v) is 1.87. The van der Waals surface area contributed by atoms with Gasteiger partial charge in [0.2, 0.25) is 5.91 Å². The van der Waals surface area contributed by atoms with E-state index < -0.39 is 10.3 Å². The predicted octanol–water partition coefficient (Wildman–Crippen LogP) is 1.70. The number of hydrogen-bond acceptors (Lipinski definition) is 4. The van der Waals surface area contributed by atoms with E-state index in [1.165, 1.54) is 24.3 Å². The highest BCUT2D eigenvalue weighted by atomic mass is 32.2. The lowest BCUT2D eigenvalue weighted by Gasteiger charge is -2.01. The van der Waals surface area contributed by atoms with Crippen LogP contribution in [0, 0.1) is 0 Å². The monoisotopic (exact) mass is 255 g/mol. The molecule has 8 heteroatoms. The highest BCUT2D eigenvalue weighted by Crippen LogP contribution is 2.17. The third kappa shape index (κ3) is 5.00. The number of amides is 1. The SMILES string of the molecule is C=CC(=O)Nc1ccc(N=NS(=O)(=O)O)cc1. The number of hydrogen-bond donors (Lipinski definition) is 2. The van der Waals surface area contributed by atoms with Gasteiger partial charge in [-0.3, -0.25) is 9.35 Å². The quantitative estimate of drug-likeness (QED) is 0.484. The fraction of sp³-hybridized carbons (Fsp3) is 0. The zero-order chi connectivity index (χ0) is 12.9. The molecule has 2 N–H and O–H groups in total. The molecule has 0 saturated heterocycles. The van der Waals surface area contributed by atoms with Crippen LogP contribution in [0.2, 0.25) is 0 Å². The van der Waals surface area contributed by atoms with Gasteiger partial charge in [-0.25, -0.2) is 0 Å². The molecule has 0 atom stereocenters. The number of rotatable bonds is 4. The Balaban J connectivity index is 2.78. The van der Waals surface area contributed by atoms with E-state index in [1.54, 1.807) is 0 Å². The maximum absolute atomic E-state index is 10.9. The van der Waals surface area contributed by atoms with Gasteiger partial charge in [0.15, 0.2) is 0 Å². The summed E-state index contributed by atoms with van der Waals surface area (Å²) >= 11 is 0. The Kier molecular flexibility index (Phi) is 4.07. The molecule has 1 rings (SSSR count). The minimum absolute atomic E-state index is 0.222. The van der Waals surface area contributed by atoms with Gasteiger partial charge in [0.25, 0.3) is 0 Å². The van der Waals surface area contributed by atoms with Crippen LogP contribution in [0.4, 0.5) is 11.4 Å². The summed E-state index contributed by atoms with van der Waals surface area (Å²) in [5.74, 6) is -0.364. The lowest BCUT2D eigenvalue weighted by Crippen LogP contribution is -2.06. The molecule has 17 heavy (non-hydrogen) atoms. The van der Waals surface area contributed by atoms with Gasteiger partial charge in [0.05, 0.1) is 5.69 Å². The number of benzene rings is 1. The van der Waals surface area contributed by atoms with Crippen molar-refractivity contribution >= 4 is 27.6 Å². The van der Waals surface area contributed by atoms with E-state index >= 15 is 0 Å². The Bertz CT molecular complexity index is 548. The van der Waals surface area contributed by atoms with Crippen LogP contribution in [0.1, 0.15) is 0 Å². The van der Waals surface area contributed by atoms with Crippen molar-refractivity contribution in [3.8, 4) is 0 Å². The summed E-state index contributed by atoms with van der Waals surface area (Å²) in [5.41, 5.74) is 0.722. The molecular formula is C9H9N3O4S. The van der Waals surface area contributed by atoms with Gasteiger partial charge in [-0.2, -0.15) is 8.42 Å². The molecule has 0 unspecified atom stereocenters. The molecule has 1 aromatic carbocycles. The molecular weight excluding hydrogens is 246 g/mol. The third-order valence-electron chi connectivity index (χ3n) is 1.58. The van der Waals surface area contributed by atoms with Gasteiger partial charge in [0.1, 0.15) is 0 Å². The van der Waals surface area contributed by atoms with Crippen molar-refractivity contribution in [2.45, 2.75) is 0 Å². The first-order valence-corrected chi connectivity index (χ1v) is 5.74. The van der Waals surface area contributed by atoms with Gasteiger partial charge in [-0.05, 0) is 34.9 Å². The van der Waals surface area contributed by atoms with Crippen LogP contribution < -0.4 is 5.32 Å². The normalized spacial score (nSPS) is 11.4. The number of nitrogens with zero attached hydrogens (tertiary/aromatic N) is 2. The van der Waals surface area contributed by atoms with Gasteiger partial charge in [-0.1, -0.05) is 6.58 Å². The zero-order valence-corrected chi connectivity index (χ0v) is 9.38. The first kappa shape index (κ1) is 13.0. The summed E-state index contributed by atoms with van der Waals surface area (Å²) in [7, 11) is -4.48. The lowest BCUT2D eigenvalue weighted by molar-refractivity contribution is -0.111. The number of carbonyl (C=O) groups is 1. The second kappa shape index (κ2) is 5.32. The lowest BCUT2D eigenvalue weighted by atomic mass is 10.3. The van der Waals surface area contributed by atoms with Crippen molar-refractivity contribution in [3.63, 3.8) is 0 Å². The van der Waals surface area contributed by atoms with Crippen LogP contribution >= 0.6 is 0 Å². The smallest absolute Gasteiger partial charge is 0.323 e. The Morgan fingerprint density at radius 2 is 1.94 bits per heavy atom. The van der Waals surface area contributed by atoms with Crippen LogP contribution in [0.5, 0.6) is 0 Å². The Morgan fingerprint density at radius 1 is 1.35 bits per heavy atom. The molecule has 0 saturated carbocycles. The Labute approximate surface area is 97.8 Å². The topological polar surface area (TPSA) is 108 Å². The van der Waals surface area contributed by atoms with Crippen LogP contribution in [0.25, 0.3) is 0 Å². The molecule has 0 bridgehead atoms. The molecule has 0 heterocycles. The Hall–Kier alpha value is -2.06. The highest BCUT2D eigenvalue weighted by Gasteiger charge is 2.00. The van der Waals surface area contributed by atoms with Crippen LogP contribution in [0.3, 0.4) is 0 Å². The number of carbonyl (C=O) groups excluding carboxylic acids is 1. The van der Waals surface area contributed by atoms with Crippen LogP contribution in [-0.4, -0.2) is 18.9 Å². The summed E-state index contributed by atoms with van der Waals surface area (Å²) in [6.07, 6.45) is 1.12. The summed E-state index contributed by atoms with van der Waals surface area (Å²) in [5, 5.41) is 5.77. The molecule has 0 aliphatic heterocycles. The highest BCUT2D eigenvalue weighted by molar-refractivity contribution is 7.84. The van der Waals surface area contributed by atoms with E-state index in [9.17, 15) is 13.2 Å². The minimum Gasteiger partial charge on any atom is -0.323 e. The average Bonchev–Trinajstić information content (AvgIpc) is 2.27. The summed E-state index contributed by atoms with van der Waals surface area (Å²) in [4.78, 5) is 10.9. The van der Waals surface area contributed by atoms with E-state index in [0.29, 0.717) is 5.69 Å². The minimum atomic E-state index is -4.48. The van der Waals surface area contributed by atoms with Gasteiger partial charge in [-0.15, -0.1) is 5.11 Å². The largest absolute Gasteiger partial charge is 0.396 e.